The highest BCUT2D eigenvalue weighted by molar-refractivity contribution is 5.97. The Morgan fingerprint density at radius 2 is 1.44 bits per heavy atom. The predicted octanol–water partition coefficient (Wildman–Crippen LogP) is 3.75. The Hall–Kier alpha value is -4.25. The summed E-state index contributed by atoms with van der Waals surface area (Å²) in [5.74, 6) is -4.47. The molecule has 0 aromatic heterocycles. The van der Waals surface area contributed by atoms with Crippen molar-refractivity contribution in [3.8, 4) is 0 Å². The number of esters is 1. The van der Waals surface area contributed by atoms with Crippen molar-refractivity contribution in [2.24, 2.45) is 17.8 Å². The molecule has 0 fully saturated rings. The fraction of sp³-hybridized carbons (Fsp3) is 0.433. The summed E-state index contributed by atoms with van der Waals surface area (Å²) in [6.07, 6.45) is 0.204. The van der Waals surface area contributed by atoms with Crippen molar-refractivity contribution in [1.82, 2.24) is 15.9 Å². The van der Waals surface area contributed by atoms with Crippen molar-refractivity contribution in [3.05, 3.63) is 71.3 Å². The molecule has 2 rings (SSSR count). The number of hydrogen-bond acceptors (Lipinski definition) is 7. The fourth-order valence-corrected chi connectivity index (χ4v) is 4.04. The van der Waals surface area contributed by atoms with Crippen LogP contribution in [0, 0.1) is 17.8 Å². The van der Waals surface area contributed by atoms with E-state index < -0.39 is 41.6 Å². The number of hydroxylamine groups is 1. The van der Waals surface area contributed by atoms with E-state index in [-0.39, 0.29) is 42.4 Å². The Morgan fingerprint density at radius 1 is 0.854 bits per heavy atom. The molecule has 0 spiro atoms. The molecule has 222 valence electrons. The Balaban J connectivity index is 2.24. The van der Waals surface area contributed by atoms with Crippen LogP contribution in [0.25, 0.3) is 0 Å². The standard InChI is InChI=1S/C30H39N3O8/c1-19(2)15-24(27(35)31-25(29(37)38)16-20(3)4)17-26(34)33(41-18-21-9-7-6-8-10-21)32-28(36)22-11-13-23(14-12-22)30(39)40-5/h6-14,19-20,24-25H,15-18H2,1-5H3,(H,31,35)(H,32,36)(H,37,38)/t24?,25-/m0/s1. The second-order valence-corrected chi connectivity index (χ2v) is 10.5. The van der Waals surface area contributed by atoms with Crippen LogP contribution in [0.3, 0.4) is 0 Å². The lowest BCUT2D eigenvalue weighted by atomic mass is 9.92. The topological polar surface area (TPSA) is 151 Å². The zero-order valence-electron chi connectivity index (χ0n) is 24.1. The van der Waals surface area contributed by atoms with E-state index in [2.05, 4.69) is 15.5 Å². The number of rotatable bonds is 14. The monoisotopic (exact) mass is 569 g/mol. The van der Waals surface area contributed by atoms with Crippen LogP contribution < -0.4 is 10.7 Å². The minimum Gasteiger partial charge on any atom is -0.480 e. The Labute approximate surface area is 240 Å². The lowest BCUT2D eigenvalue weighted by molar-refractivity contribution is -0.207. The van der Waals surface area contributed by atoms with Gasteiger partial charge in [0.2, 0.25) is 5.91 Å². The summed E-state index contributed by atoms with van der Waals surface area (Å²) in [5, 5.41) is 12.8. The second-order valence-electron chi connectivity index (χ2n) is 10.5. The summed E-state index contributed by atoms with van der Waals surface area (Å²) in [7, 11) is 1.25. The van der Waals surface area contributed by atoms with Gasteiger partial charge in [0, 0.05) is 17.9 Å². The first kappa shape index (κ1) is 33.0. The van der Waals surface area contributed by atoms with Crippen LogP contribution >= 0.6 is 0 Å². The van der Waals surface area contributed by atoms with Gasteiger partial charge in [-0.3, -0.25) is 14.4 Å². The van der Waals surface area contributed by atoms with Crippen molar-refractivity contribution >= 4 is 29.7 Å². The molecule has 0 aliphatic rings. The van der Waals surface area contributed by atoms with Crippen molar-refractivity contribution in [3.63, 3.8) is 0 Å². The average Bonchev–Trinajstić information content (AvgIpc) is 2.93. The van der Waals surface area contributed by atoms with E-state index in [1.165, 1.54) is 31.4 Å². The van der Waals surface area contributed by atoms with Gasteiger partial charge in [-0.2, -0.15) is 0 Å². The van der Waals surface area contributed by atoms with Crippen molar-refractivity contribution in [2.45, 2.75) is 59.6 Å². The molecule has 11 heteroatoms. The predicted molar refractivity (Wildman–Crippen MR) is 150 cm³/mol. The molecule has 0 saturated carbocycles. The highest BCUT2D eigenvalue weighted by Crippen LogP contribution is 2.19. The maximum atomic E-state index is 13.4. The quantitative estimate of drug-likeness (QED) is 0.230. The van der Waals surface area contributed by atoms with Gasteiger partial charge < -0.3 is 15.2 Å². The van der Waals surface area contributed by atoms with E-state index in [9.17, 15) is 29.1 Å². The normalized spacial score (nSPS) is 12.4. The van der Waals surface area contributed by atoms with Gasteiger partial charge in [0.1, 0.15) is 12.6 Å². The lowest BCUT2D eigenvalue weighted by Gasteiger charge is -2.26. The number of nitrogens with one attached hydrogen (secondary N) is 2. The van der Waals surface area contributed by atoms with Crippen LogP contribution in [0.2, 0.25) is 0 Å². The number of carboxylic acids is 1. The first-order valence-corrected chi connectivity index (χ1v) is 13.4. The zero-order chi connectivity index (χ0) is 30.5. The largest absolute Gasteiger partial charge is 0.480 e. The number of amides is 3. The third-order valence-electron chi connectivity index (χ3n) is 6.07. The van der Waals surface area contributed by atoms with Crippen LogP contribution in [-0.2, 0) is 30.6 Å². The first-order valence-electron chi connectivity index (χ1n) is 13.4. The van der Waals surface area contributed by atoms with Gasteiger partial charge in [-0.05, 0) is 54.5 Å². The van der Waals surface area contributed by atoms with Gasteiger partial charge in [-0.25, -0.2) is 19.9 Å². The van der Waals surface area contributed by atoms with Gasteiger partial charge in [0.25, 0.3) is 11.8 Å². The third-order valence-corrected chi connectivity index (χ3v) is 6.07. The van der Waals surface area contributed by atoms with E-state index in [0.29, 0.717) is 11.6 Å². The van der Waals surface area contributed by atoms with Crippen molar-refractivity contribution < 1.29 is 38.7 Å². The maximum absolute atomic E-state index is 13.4. The number of hydrazine groups is 1. The Morgan fingerprint density at radius 3 is 1.98 bits per heavy atom. The third kappa shape index (κ3) is 11.0. The number of ether oxygens (including phenoxy) is 1. The van der Waals surface area contributed by atoms with Gasteiger partial charge >= 0.3 is 11.9 Å². The Kier molecular flexibility index (Phi) is 13.0. The molecule has 0 aliphatic heterocycles. The summed E-state index contributed by atoms with van der Waals surface area (Å²) in [6.45, 7) is 7.42. The summed E-state index contributed by atoms with van der Waals surface area (Å²) >= 11 is 0. The number of hydrogen-bond donors (Lipinski definition) is 3. The zero-order valence-corrected chi connectivity index (χ0v) is 24.1. The number of carbonyl (C=O) groups excluding carboxylic acids is 4. The molecule has 0 radical (unpaired) electrons. The summed E-state index contributed by atoms with van der Waals surface area (Å²) < 4.78 is 4.67. The Bertz CT molecular complexity index is 1180. The molecule has 0 saturated heterocycles. The minimum absolute atomic E-state index is 0.0218. The van der Waals surface area contributed by atoms with Crippen molar-refractivity contribution in [1.29, 1.82) is 0 Å². The smallest absolute Gasteiger partial charge is 0.337 e. The van der Waals surface area contributed by atoms with Gasteiger partial charge in [-0.1, -0.05) is 58.0 Å². The SMILES string of the molecule is COC(=O)c1ccc(C(=O)NN(OCc2ccccc2)C(=O)CC(CC(C)C)C(=O)N[C@@H](CC(C)C)C(=O)O)cc1. The average molecular weight is 570 g/mol. The molecular formula is C30H39N3O8. The maximum Gasteiger partial charge on any atom is 0.337 e. The summed E-state index contributed by atoms with van der Waals surface area (Å²) in [4.78, 5) is 68.7. The molecule has 0 bridgehead atoms. The number of carboxylic acid groups (broad SMARTS) is 1. The lowest BCUT2D eigenvalue weighted by Crippen LogP contribution is -2.49. The molecule has 2 aromatic carbocycles. The fourth-order valence-electron chi connectivity index (χ4n) is 4.04. The molecule has 0 heterocycles. The van der Waals surface area contributed by atoms with Crippen LogP contribution in [0.4, 0.5) is 0 Å². The van der Waals surface area contributed by atoms with Crippen LogP contribution in [-0.4, -0.2) is 53.1 Å². The molecule has 1 unspecified atom stereocenters. The molecule has 3 N–H and O–H groups in total. The number of carbonyl (C=O) groups is 5. The molecule has 2 aromatic rings. The van der Waals surface area contributed by atoms with Crippen LogP contribution in [0.1, 0.15) is 73.2 Å². The minimum atomic E-state index is -1.15. The van der Waals surface area contributed by atoms with Gasteiger partial charge in [0.15, 0.2) is 0 Å². The van der Waals surface area contributed by atoms with Crippen LogP contribution in [0.15, 0.2) is 54.6 Å². The van der Waals surface area contributed by atoms with E-state index in [0.717, 1.165) is 5.56 Å². The van der Waals surface area contributed by atoms with E-state index >= 15 is 0 Å². The second kappa shape index (κ2) is 16.1. The molecule has 11 nitrogen and oxygen atoms in total. The van der Waals surface area contributed by atoms with E-state index in [1.807, 2.05) is 33.8 Å². The number of nitrogens with zero attached hydrogens (tertiary/aromatic N) is 1. The number of benzene rings is 2. The number of aliphatic carboxylic acids is 1. The molecular weight excluding hydrogens is 530 g/mol. The van der Waals surface area contributed by atoms with Gasteiger partial charge in [-0.15, -0.1) is 5.17 Å². The van der Waals surface area contributed by atoms with Gasteiger partial charge in [0.05, 0.1) is 12.7 Å². The molecule has 2 atom stereocenters. The molecule has 0 aliphatic carbocycles. The highest BCUT2D eigenvalue weighted by Gasteiger charge is 2.31. The van der Waals surface area contributed by atoms with E-state index in [4.69, 9.17) is 4.84 Å². The number of methoxy groups -OCH3 is 1. The first-order chi connectivity index (χ1) is 19.4. The molecule has 3 amide bonds. The van der Waals surface area contributed by atoms with E-state index in [1.54, 1.807) is 24.3 Å². The molecule has 41 heavy (non-hydrogen) atoms. The summed E-state index contributed by atoms with van der Waals surface area (Å²) in [6, 6.07) is 13.5. The summed E-state index contributed by atoms with van der Waals surface area (Å²) in [5.41, 5.74) is 3.56. The van der Waals surface area contributed by atoms with Crippen molar-refractivity contribution in [2.75, 3.05) is 7.11 Å². The van der Waals surface area contributed by atoms with Crippen LogP contribution in [0.5, 0.6) is 0 Å². The highest BCUT2D eigenvalue weighted by atomic mass is 16.7.